The first-order valence-electron chi connectivity index (χ1n) is 39.8. The lowest BCUT2D eigenvalue weighted by atomic mass is 9.74. The number of carbonyl (C=O) groups excluding carboxylic acids is 2. The molecule has 38 heteroatoms. The molecule has 20 nitrogen and oxygen atoms in total. The third-order valence-corrected chi connectivity index (χ3v) is 23.4. The molecule has 2 amide bonds. The first-order chi connectivity index (χ1) is 59.8. The van der Waals surface area contributed by atoms with Crippen molar-refractivity contribution < 1.29 is 128 Å². The molecule has 9 atom stereocenters. The van der Waals surface area contributed by atoms with Crippen LogP contribution in [0.3, 0.4) is 0 Å². The second-order valence-electron chi connectivity index (χ2n) is 31.8. The van der Waals surface area contributed by atoms with Crippen LogP contribution in [-0.2, 0) is 102 Å². The zero-order valence-corrected chi connectivity index (χ0v) is 68.3. The Hall–Kier alpha value is -11.0. The molecule has 3 fully saturated rings. The Morgan fingerprint density at radius 1 is 0.386 bits per heavy atom. The Morgan fingerprint density at radius 2 is 0.685 bits per heavy atom. The minimum atomic E-state index is -5.03. The number of aliphatic hydroxyl groups excluding tert-OH is 3. The molecule has 3 saturated heterocycles. The van der Waals surface area contributed by atoms with Crippen molar-refractivity contribution in [3.8, 4) is 0 Å². The Bertz CT molecular complexity index is 5120. The molecule has 0 aliphatic carbocycles. The van der Waals surface area contributed by atoms with E-state index in [0.29, 0.717) is 78.0 Å². The lowest BCUT2D eigenvalue weighted by Gasteiger charge is -2.53. The molecule has 10 aromatic rings. The van der Waals surface area contributed by atoms with E-state index in [1.165, 1.54) is 55.9 Å². The Morgan fingerprint density at radius 3 is 1.00 bits per heavy atom. The zero-order chi connectivity index (χ0) is 92.2. The summed E-state index contributed by atoms with van der Waals surface area (Å²) in [6, 6.07) is 48.6. The van der Waals surface area contributed by atoms with E-state index >= 15 is 0 Å². The van der Waals surface area contributed by atoms with Crippen LogP contribution in [0.1, 0.15) is 155 Å². The number of hydrogen-bond acceptors (Lipinski definition) is 16. The molecule has 0 spiro atoms. The molecule has 5 heterocycles. The van der Waals surface area contributed by atoms with Gasteiger partial charge in [-0.15, -0.1) is 20.4 Å². The van der Waals surface area contributed by atoms with Crippen molar-refractivity contribution >= 4 is 12.2 Å². The van der Waals surface area contributed by atoms with Crippen LogP contribution >= 0.6 is 0 Å². The van der Waals surface area contributed by atoms with Crippen LogP contribution in [0.4, 0.5) is 88.6 Å². The number of aromatic nitrogens is 6. The molecule has 8 aromatic carbocycles. The van der Waals surface area contributed by atoms with Crippen molar-refractivity contribution in [2.75, 3.05) is 59.3 Å². The van der Waals surface area contributed by atoms with Crippen LogP contribution in [0.25, 0.3) is 0 Å². The normalized spacial score (nSPS) is 22.1. The summed E-state index contributed by atoms with van der Waals surface area (Å²) in [5, 5.41) is 49.6. The lowest BCUT2D eigenvalue weighted by molar-refractivity contribution is -0.145. The second kappa shape index (κ2) is 39.3. The molecule has 2 aromatic heterocycles. The summed E-state index contributed by atoms with van der Waals surface area (Å²) in [5.41, 5.74) is -5.94. The van der Waals surface area contributed by atoms with Gasteiger partial charge in [0.05, 0.1) is 131 Å². The van der Waals surface area contributed by atoms with E-state index in [0.717, 1.165) is 5.56 Å². The van der Waals surface area contributed by atoms with E-state index in [4.69, 9.17) is 29.4 Å². The number of benzene rings is 8. The van der Waals surface area contributed by atoms with Crippen molar-refractivity contribution in [2.45, 2.75) is 161 Å². The number of aliphatic hydroxyl groups is 3. The average Bonchev–Trinajstić information content (AvgIpc) is 1.21. The maximum absolute atomic E-state index is 14.0. The van der Waals surface area contributed by atoms with Gasteiger partial charge in [-0.25, -0.2) is 9.59 Å². The Balaban J connectivity index is 0.000000186. The van der Waals surface area contributed by atoms with Gasteiger partial charge in [0.15, 0.2) is 0 Å². The molecule has 682 valence electrons. The number of nitrogens with one attached hydrogen (secondary N) is 1. The highest BCUT2D eigenvalue weighted by Crippen LogP contribution is 2.49. The highest BCUT2D eigenvalue weighted by Gasteiger charge is 2.55. The molecular weight excluding hydrogens is 1710 g/mol. The Kier molecular flexibility index (Phi) is 29.9. The fourth-order valence-electron chi connectivity index (χ4n) is 15.6. The van der Waals surface area contributed by atoms with Gasteiger partial charge in [0, 0.05) is 13.1 Å². The highest BCUT2D eigenvalue weighted by molar-refractivity contribution is 5.71. The van der Waals surface area contributed by atoms with Crippen LogP contribution < -0.4 is 11.1 Å². The van der Waals surface area contributed by atoms with Crippen LogP contribution in [0, 0.1) is 0 Å². The number of likely N-dealkylation sites (tertiary alicyclic amines) is 2. The number of hydrogen-bond donors (Lipinski definition) is 5. The van der Waals surface area contributed by atoms with Gasteiger partial charge in [0.1, 0.15) is 38.5 Å². The number of nitrogens with two attached hydrogens (primary N) is 1. The second-order valence-corrected chi connectivity index (χ2v) is 31.8. The van der Waals surface area contributed by atoms with Crippen LogP contribution in [0.15, 0.2) is 232 Å². The summed E-state index contributed by atoms with van der Waals surface area (Å²) < 4.78 is 276. The molecule has 3 aliphatic rings. The van der Waals surface area contributed by atoms with Gasteiger partial charge in [-0.05, 0) is 158 Å². The molecule has 0 saturated carbocycles. The maximum atomic E-state index is 14.0. The summed E-state index contributed by atoms with van der Waals surface area (Å²) in [5.74, 6) is 0. The number of nitrogens with zero attached hydrogens (tertiary/aromatic N) is 8. The van der Waals surface area contributed by atoms with Crippen LogP contribution in [0.5, 0.6) is 0 Å². The Labute approximate surface area is 717 Å². The van der Waals surface area contributed by atoms with Crippen molar-refractivity contribution in [3.63, 3.8) is 0 Å². The first kappa shape index (κ1) is 96.6. The largest absolute Gasteiger partial charge is 0.445 e. The fraction of sp³-hybridized carbons (Fsp3) is 0.393. The average molecular weight is 1800 g/mol. The summed E-state index contributed by atoms with van der Waals surface area (Å²) in [6.07, 6.45) is -27.4. The minimum Gasteiger partial charge on any atom is -0.445 e. The predicted octanol–water partition coefficient (Wildman–Crippen LogP) is 19.0. The molecule has 0 unspecified atom stereocenters. The maximum Gasteiger partial charge on any atom is 0.416 e. The molecule has 0 bridgehead atoms. The molecule has 6 N–H and O–H groups in total. The number of carbonyl (C=O) groups is 2. The number of amides is 2. The number of rotatable bonds is 24. The summed E-state index contributed by atoms with van der Waals surface area (Å²) in [7, 11) is 0. The van der Waals surface area contributed by atoms with Gasteiger partial charge in [-0.1, -0.05) is 152 Å². The highest BCUT2D eigenvalue weighted by atomic mass is 19.4. The van der Waals surface area contributed by atoms with E-state index in [2.05, 4.69) is 25.7 Å². The van der Waals surface area contributed by atoms with Gasteiger partial charge >= 0.3 is 49.2 Å². The van der Waals surface area contributed by atoms with E-state index in [-0.39, 0.29) is 113 Å². The quantitative estimate of drug-likeness (QED) is 0.0353. The molecule has 0 radical (unpaired) electrons. The van der Waals surface area contributed by atoms with Crippen molar-refractivity contribution in [3.05, 3.63) is 309 Å². The van der Waals surface area contributed by atoms with Gasteiger partial charge in [0.2, 0.25) is 0 Å². The van der Waals surface area contributed by atoms with E-state index in [1.54, 1.807) is 124 Å². The molecule has 3 aliphatic heterocycles. The van der Waals surface area contributed by atoms with Gasteiger partial charge in [-0.2, -0.15) is 79.0 Å². The molecule has 127 heavy (non-hydrogen) atoms. The fourth-order valence-corrected chi connectivity index (χ4v) is 15.6. The standard InChI is InChI=1S/C33H32F6N4O4.C31H32F6N2O4.C25H26F6N4O2/c1-23(25-14-27(32(34,35)36)16-28(15-25)33(37,38)39)47-20-31(26-10-6-3-7-11-26)13-12-30(19-44,42-21-40-41-22-42)18-43(31)29(45)46-17-24-8-4-2-5-9-24;1-21(23-14-25(30(32,33)34)16-26(15-23)31(35,36)37)43-20-29(24-10-6-3-7-11-24)13-12-28(38,19-40)18-39(29)27(41)42-17-22-8-4-2-5-9-22;1-17(18-9-20(24(26,27)28)11-21(10-18)25(29,30)31)37-14-23(19-5-3-2-4-6-19)8-7-22(13-36,12-32-23)35-15-33-34-16-35/h2-11,14-16,21-23,44H,12-13,17-20H2,1H3;2-11,14-16,21,40H,12-13,17-20,38H2,1H3;2-6,9-11,15-17,32,36H,7-8,12-14H2,1H3/t23-,30-,31-;21-,28-,29-;17-,22-,23-/m111/s1. The number of piperidine rings is 3. The topological polar surface area (TPSA) is 247 Å². The predicted molar refractivity (Wildman–Crippen MR) is 423 cm³/mol. The van der Waals surface area contributed by atoms with Crippen molar-refractivity contribution in [2.24, 2.45) is 5.73 Å². The van der Waals surface area contributed by atoms with Gasteiger partial charge in [0.25, 0.3) is 0 Å². The van der Waals surface area contributed by atoms with E-state index < -0.39 is 147 Å². The third kappa shape index (κ3) is 23.1. The van der Waals surface area contributed by atoms with Crippen LogP contribution in [0.2, 0.25) is 0 Å². The number of alkyl halides is 18. The van der Waals surface area contributed by atoms with Gasteiger partial charge < -0.3 is 59.2 Å². The van der Waals surface area contributed by atoms with E-state index in [1.807, 2.05) is 36.4 Å². The molecular formula is C89H90F18N10O10. The third-order valence-electron chi connectivity index (χ3n) is 23.4. The van der Waals surface area contributed by atoms with E-state index in [9.17, 15) is 104 Å². The SMILES string of the molecule is C[C@@H](OC[C@@]1(c2ccccc2)CC[C@@](CO)(n2cnnc2)CN1)c1cc(C(F)(F)F)cc(C(F)(F)F)c1.C[C@@H](OC[C@@]1(c2ccccc2)CC[C@@](CO)(n2cnnc2)CN1C(=O)OCc1ccccc1)c1cc(C(F)(F)F)cc(C(F)(F)F)c1.C[C@@H](OC[C@@]1(c2ccccc2)CC[C@](N)(CO)CN1C(=O)OCc1ccccc1)c1cc(C(F)(F)F)cc(C(F)(F)F)c1. The number of halogens is 18. The first-order valence-corrected chi connectivity index (χ1v) is 39.8. The van der Waals surface area contributed by atoms with Crippen LogP contribution in [-0.4, -0.2) is 132 Å². The van der Waals surface area contributed by atoms with Crippen molar-refractivity contribution in [1.29, 1.82) is 0 Å². The zero-order valence-electron chi connectivity index (χ0n) is 68.3. The smallest absolute Gasteiger partial charge is 0.416 e. The summed E-state index contributed by atoms with van der Waals surface area (Å²) in [6.45, 7) is 2.32. The molecule has 13 rings (SSSR count). The lowest BCUT2D eigenvalue weighted by Crippen LogP contribution is -2.66. The minimum absolute atomic E-state index is 0.0283. The summed E-state index contributed by atoms with van der Waals surface area (Å²) in [4.78, 5) is 30.4. The monoisotopic (exact) mass is 1800 g/mol. The van der Waals surface area contributed by atoms with Gasteiger partial charge in [-0.3, -0.25) is 9.80 Å². The summed E-state index contributed by atoms with van der Waals surface area (Å²) >= 11 is 0. The van der Waals surface area contributed by atoms with Crippen molar-refractivity contribution in [1.82, 2.24) is 44.6 Å². The number of ether oxygens (including phenoxy) is 5.